The second kappa shape index (κ2) is 7.22. The van der Waals surface area contributed by atoms with Crippen molar-refractivity contribution in [2.45, 2.75) is 44.8 Å². The maximum atomic E-state index is 12.3. The molecular weight excluding hydrogens is 332 g/mol. The van der Waals surface area contributed by atoms with Crippen molar-refractivity contribution in [2.24, 2.45) is 0 Å². The first-order chi connectivity index (χ1) is 10.1. The summed E-state index contributed by atoms with van der Waals surface area (Å²) in [6.07, 6.45) is 6.97. The van der Waals surface area contributed by atoms with E-state index < -0.39 is 0 Å². The van der Waals surface area contributed by atoms with Gasteiger partial charge in [0.2, 0.25) is 0 Å². The van der Waals surface area contributed by atoms with Crippen LogP contribution >= 0.6 is 15.9 Å². The zero-order chi connectivity index (χ0) is 15.4. The maximum absolute atomic E-state index is 12.3. The summed E-state index contributed by atoms with van der Waals surface area (Å²) in [6, 6.07) is 0.754. The van der Waals surface area contributed by atoms with Gasteiger partial charge in [0.05, 0.1) is 18.4 Å². The first-order valence-corrected chi connectivity index (χ1v) is 8.19. The number of allylic oxidation sites excluding steroid dienone is 1. The third-order valence-electron chi connectivity index (χ3n) is 4.16. The predicted octanol–water partition coefficient (Wildman–Crippen LogP) is 2.16. The largest absolute Gasteiger partial charge is 0.365 e. The standard InChI is InChI=1S/C15H23BrN4O/c1-4-8-20-15(21)14(16)13(10-18-20)19-9-6-5-7-12(19)11(2)17-3/h4,10-12,17H,1,5-9H2,2-3H3. The summed E-state index contributed by atoms with van der Waals surface area (Å²) >= 11 is 3.47. The Morgan fingerprint density at radius 2 is 2.38 bits per heavy atom. The van der Waals surface area contributed by atoms with Gasteiger partial charge in [-0.2, -0.15) is 5.10 Å². The zero-order valence-corrected chi connectivity index (χ0v) is 14.3. The van der Waals surface area contributed by atoms with Gasteiger partial charge in [0.25, 0.3) is 5.56 Å². The molecule has 21 heavy (non-hydrogen) atoms. The van der Waals surface area contributed by atoms with Crippen molar-refractivity contribution in [3.63, 3.8) is 0 Å². The molecule has 1 aromatic heterocycles. The zero-order valence-electron chi connectivity index (χ0n) is 12.7. The molecule has 5 nitrogen and oxygen atoms in total. The number of likely N-dealkylation sites (N-methyl/N-ethyl adjacent to an activating group) is 1. The topological polar surface area (TPSA) is 50.2 Å². The highest BCUT2D eigenvalue weighted by Gasteiger charge is 2.29. The molecule has 0 radical (unpaired) electrons. The second-order valence-corrected chi connectivity index (χ2v) is 6.25. The summed E-state index contributed by atoms with van der Waals surface area (Å²) in [5.41, 5.74) is 0.793. The van der Waals surface area contributed by atoms with Crippen LogP contribution < -0.4 is 15.8 Å². The van der Waals surface area contributed by atoms with Gasteiger partial charge in [-0.15, -0.1) is 6.58 Å². The lowest BCUT2D eigenvalue weighted by molar-refractivity contribution is 0.381. The fraction of sp³-hybridized carbons (Fsp3) is 0.600. The van der Waals surface area contributed by atoms with E-state index in [1.807, 2.05) is 7.05 Å². The van der Waals surface area contributed by atoms with Crippen LogP contribution in [0, 0.1) is 0 Å². The highest BCUT2D eigenvalue weighted by atomic mass is 79.9. The Bertz CT molecular complexity index is 557. The quantitative estimate of drug-likeness (QED) is 0.823. The predicted molar refractivity (Wildman–Crippen MR) is 89.9 cm³/mol. The average molecular weight is 355 g/mol. The summed E-state index contributed by atoms with van der Waals surface area (Å²) in [4.78, 5) is 14.6. The van der Waals surface area contributed by atoms with Crippen LogP contribution in [0.1, 0.15) is 26.2 Å². The number of hydrogen-bond donors (Lipinski definition) is 1. The van der Waals surface area contributed by atoms with E-state index >= 15 is 0 Å². The van der Waals surface area contributed by atoms with Crippen LogP contribution in [0.25, 0.3) is 0 Å². The van der Waals surface area contributed by atoms with Gasteiger partial charge < -0.3 is 10.2 Å². The summed E-state index contributed by atoms with van der Waals surface area (Å²) in [6.45, 7) is 7.22. The van der Waals surface area contributed by atoms with E-state index in [1.54, 1.807) is 12.3 Å². The smallest absolute Gasteiger partial charge is 0.283 e. The van der Waals surface area contributed by atoms with Crippen molar-refractivity contribution in [3.8, 4) is 0 Å². The fourth-order valence-electron chi connectivity index (χ4n) is 2.88. The molecular formula is C15H23BrN4O. The number of nitrogens with one attached hydrogen (secondary N) is 1. The molecule has 1 N–H and O–H groups in total. The SMILES string of the molecule is C=CCn1ncc(N2CCCCC2C(C)NC)c(Br)c1=O. The molecule has 2 atom stereocenters. The normalized spacial score (nSPS) is 20.3. The van der Waals surface area contributed by atoms with E-state index in [0.717, 1.165) is 25.1 Å². The van der Waals surface area contributed by atoms with Gasteiger partial charge in [-0.05, 0) is 49.2 Å². The van der Waals surface area contributed by atoms with Gasteiger partial charge in [-0.25, -0.2) is 4.68 Å². The first-order valence-electron chi connectivity index (χ1n) is 7.40. The van der Waals surface area contributed by atoms with Gasteiger partial charge in [0, 0.05) is 18.6 Å². The van der Waals surface area contributed by atoms with Crippen LogP contribution in [0.4, 0.5) is 5.69 Å². The van der Waals surface area contributed by atoms with E-state index in [2.05, 4.69) is 44.7 Å². The van der Waals surface area contributed by atoms with Crippen LogP contribution in [0.5, 0.6) is 0 Å². The molecule has 0 saturated carbocycles. The number of rotatable bonds is 5. The lowest BCUT2D eigenvalue weighted by Crippen LogP contribution is -2.51. The Morgan fingerprint density at radius 3 is 3.05 bits per heavy atom. The molecule has 2 heterocycles. The van der Waals surface area contributed by atoms with Crippen molar-refractivity contribution in [2.75, 3.05) is 18.5 Å². The fourth-order valence-corrected chi connectivity index (χ4v) is 3.41. The second-order valence-electron chi connectivity index (χ2n) is 5.45. The summed E-state index contributed by atoms with van der Waals surface area (Å²) in [5.74, 6) is 0. The Labute approximate surface area is 134 Å². The highest BCUT2D eigenvalue weighted by molar-refractivity contribution is 9.10. The van der Waals surface area contributed by atoms with E-state index in [-0.39, 0.29) is 5.56 Å². The third-order valence-corrected chi connectivity index (χ3v) is 4.91. The molecule has 2 rings (SSSR count). The van der Waals surface area contributed by atoms with Gasteiger partial charge in [-0.1, -0.05) is 6.08 Å². The van der Waals surface area contributed by atoms with Gasteiger partial charge in [0.1, 0.15) is 4.47 Å². The van der Waals surface area contributed by atoms with E-state index in [0.29, 0.717) is 23.1 Å². The number of piperidine rings is 1. The van der Waals surface area contributed by atoms with Crippen molar-refractivity contribution < 1.29 is 0 Å². The average Bonchev–Trinajstić information content (AvgIpc) is 2.51. The number of hydrogen-bond acceptors (Lipinski definition) is 4. The minimum Gasteiger partial charge on any atom is -0.365 e. The Hall–Kier alpha value is -1.14. The molecule has 2 unspecified atom stereocenters. The number of halogens is 1. The van der Waals surface area contributed by atoms with Crippen molar-refractivity contribution >= 4 is 21.6 Å². The maximum Gasteiger partial charge on any atom is 0.283 e. The lowest BCUT2D eigenvalue weighted by atomic mass is 9.96. The van der Waals surface area contributed by atoms with E-state index in [9.17, 15) is 4.79 Å². The monoisotopic (exact) mass is 354 g/mol. The van der Waals surface area contributed by atoms with Crippen LogP contribution in [0.15, 0.2) is 28.1 Å². The van der Waals surface area contributed by atoms with Gasteiger partial charge in [0.15, 0.2) is 0 Å². The molecule has 116 valence electrons. The van der Waals surface area contributed by atoms with E-state index in [4.69, 9.17) is 0 Å². The molecule has 0 bridgehead atoms. The lowest BCUT2D eigenvalue weighted by Gasteiger charge is -2.41. The van der Waals surface area contributed by atoms with Crippen LogP contribution in [0.3, 0.4) is 0 Å². The Kier molecular flexibility index (Phi) is 5.58. The van der Waals surface area contributed by atoms with Crippen LogP contribution in [-0.4, -0.2) is 35.5 Å². The van der Waals surface area contributed by atoms with Crippen molar-refractivity contribution in [1.29, 1.82) is 0 Å². The molecule has 1 aromatic rings. The number of nitrogens with zero attached hydrogens (tertiary/aromatic N) is 3. The molecule has 0 aliphatic carbocycles. The molecule has 0 amide bonds. The Balaban J connectivity index is 2.37. The minimum atomic E-state index is -0.103. The third kappa shape index (κ3) is 3.37. The molecule has 0 spiro atoms. The van der Waals surface area contributed by atoms with Gasteiger partial charge >= 0.3 is 0 Å². The molecule has 1 aliphatic rings. The van der Waals surface area contributed by atoms with Gasteiger partial charge in [-0.3, -0.25) is 4.79 Å². The summed E-state index contributed by atoms with van der Waals surface area (Å²) < 4.78 is 2.01. The highest BCUT2D eigenvalue weighted by Crippen LogP contribution is 2.30. The van der Waals surface area contributed by atoms with Crippen LogP contribution in [0.2, 0.25) is 0 Å². The van der Waals surface area contributed by atoms with Crippen LogP contribution in [-0.2, 0) is 6.54 Å². The molecule has 1 saturated heterocycles. The van der Waals surface area contributed by atoms with Crippen molar-refractivity contribution in [3.05, 3.63) is 33.7 Å². The molecule has 1 aliphatic heterocycles. The molecule has 0 aromatic carbocycles. The summed E-state index contributed by atoms with van der Waals surface area (Å²) in [7, 11) is 1.98. The van der Waals surface area contributed by atoms with Crippen molar-refractivity contribution in [1.82, 2.24) is 15.1 Å². The molecule has 1 fully saturated rings. The van der Waals surface area contributed by atoms with E-state index in [1.165, 1.54) is 11.1 Å². The summed E-state index contributed by atoms with van der Waals surface area (Å²) in [5, 5.41) is 7.59. The first kappa shape index (κ1) is 16.2. The number of aromatic nitrogens is 2. The number of anilines is 1. The minimum absolute atomic E-state index is 0.103. The Morgan fingerprint density at radius 1 is 1.62 bits per heavy atom. The molecule has 6 heteroatoms.